The van der Waals surface area contributed by atoms with Crippen LogP contribution in [0.2, 0.25) is 0 Å². The zero-order valence-corrected chi connectivity index (χ0v) is 10.3. The van der Waals surface area contributed by atoms with Gasteiger partial charge in [0.25, 0.3) is 0 Å². The third-order valence-corrected chi connectivity index (χ3v) is 3.30. The van der Waals surface area contributed by atoms with E-state index in [0.29, 0.717) is 11.9 Å². The molecule has 88 valence electrons. The minimum atomic E-state index is 0.468. The smallest absolute Gasteiger partial charge is 0.128 e. The first-order chi connectivity index (χ1) is 7.81. The van der Waals surface area contributed by atoms with E-state index in [1.807, 2.05) is 18.2 Å². The summed E-state index contributed by atoms with van der Waals surface area (Å²) in [5, 5.41) is 0. The van der Waals surface area contributed by atoms with Crippen molar-refractivity contribution in [3.8, 4) is 0 Å². The average Bonchev–Trinajstić information content (AvgIpc) is 2.39. The standard InChI is InChI=1S/C12H17ClN2O/c1-15(11-5-7-16-8-6-11)12-4-2-3-10(9-13)14-12/h2-4,11H,5-9H2,1H3. The van der Waals surface area contributed by atoms with Crippen LogP contribution >= 0.6 is 11.6 Å². The number of halogens is 1. The quantitative estimate of drug-likeness (QED) is 0.759. The van der Waals surface area contributed by atoms with Crippen molar-refractivity contribution in [1.82, 2.24) is 4.98 Å². The van der Waals surface area contributed by atoms with Gasteiger partial charge in [-0.25, -0.2) is 4.98 Å². The normalized spacial score (nSPS) is 17.4. The van der Waals surface area contributed by atoms with Crippen LogP contribution in [0.4, 0.5) is 5.82 Å². The second kappa shape index (κ2) is 5.51. The Morgan fingerprint density at radius 3 is 2.88 bits per heavy atom. The van der Waals surface area contributed by atoms with Gasteiger partial charge >= 0.3 is 0 Å². The molecule has 1 fully saturated rings. The molecule has 1 aromatic rings. The molecule has 0 bridgehead atoms. The molecule has 2 rings (SSSR count). The van der Waals surface area contributed by atoms with Gasteiger partial charge in [-0.2, -0.15) is 0 Å². The van der Waals surface area contributed by atoms with Gasteiger partial charge in [-0.05, 0) is 25.0 Å². The molecule has 1 aromatic heterocycles. The maximum Gasteiger partial charge on any atom is 0.128 e. The lowest BCUT2D eigenvalue weighted by Crippen LogP contribution is -2.37. The summed E-state index contributed by atoms with van der Waals surface area (Å²) in [6.07, 6.45) is 2.15. The monoisotopic (exact) mass is 240 g/mol. The molecule has 4 heteroatoms. The van der Waals surface area contributed by atoms with Gasteiger partial charge in [0.15, 0.2) is 0 Å². The lowest BCUT2D eigenvalue weighted by molar-refractivity contribution is 0.0853. The highest BCUT2D eigenvalue weighted by Crippen LogP contribution is 2.19. The number of anilines is 1. The van der Waals surface area contributed by atoms with Crippen molar-refractivity contribution in [2.45, 2.75) is 24.8 Å². The summed E-state index contributed by atoms with van der Waals surface area (Å²) in [6, 6.07) is 6.53. The molecule has 0 aliphatic carbocycles. The van der Waals surface area contributed by atoms with Crippen LogP contribution in [0.25, 0.3) is 0 Å². The van der Waals surface area contributed by atoms with E-state index in [2.05, 4.69) is 16.9 Å². The molecule has 1 saturated heterocycles. The molecule has 1 aliphatic rings. The number of alkyl halides is 1. The topological polar surface area (TPSA) is 25.4 Å². The highest BCUT2D eigenvalue weighted by atomic mass is 35.5. The minimum Gasteiger partial charge on any atom is -0.381 e. The van der Waals surface area contributed by atoms with E-state index in [1.165, 1.54) is 0 Å². The molecule has 0 spiro atoms. The molecule has 0 saturated carbocycles. The van der Waals surface area contributed by atoms with Gasteiger partial charge < -0.3 is 9.64 Å². The molecule has 0 aromatic carbocycles. The van der Waals surface area contributed by atoms with Gasteiger partial charge in [-0.1, -0.05) is 6.07 Å². The van der Waals surface area contributed by atoms with Gasteiger partial charge in [0.1, 0.15) is 5.82 Å². The van der Waals surface area contributed by atoms with Crippen LogP contribution in [0.1, 0.15) is 18.5 Å². The van der Waals surface area contributed by atoms with Gasteiger partial charge in [0, 0.05) is 26.3 Å². The van der Waals surface area contributed by atoms with Crippen LogP contribution in [-0.4, -0.2) is 31.3 Å². The lowest BCUT2D eigenvalue weighted by atomic mass is 10.1. The van der Waals surface area contributed by atoms with Gasteiger partial charge in [-0.15, -0.1) is 11.6 Å². The number of ether oxygens (including phenoxy) is 1. The molecule has 2 heterocycles. The molecule has 0 amide bonds. The molecule has 0 unspecified atom stereocenters. The van der Waals surface area contributed by atoms with Crippen molar-refractivity contribution in [3.05, 3.63) is 23.9 Å². The molecular formula is C12H17ClN2O. The maximum absolute atomic E-state index is 5.79. The third kappa shape index (κ3) is 2.66. The van der Waals surface area contributed by atoms with Crippen LogP contribution < -0.4 is 4.90 Å². The third-order valence-electron chi connectivity index (χ3n) is 3.03. The number of hydrogen-bond donors (Lipinski definition) is 0. The van der Waals surface area contributed by atoms with Crippen LogP contribution in [-0.2, 0) is 10.6 Å². The highest BCUT2D eigenvalue weighted by molar-refractivity contribution is 6.16. The van der Waals surface area contributed by atoms with E-state index in [1.54, 1.807) is 0 Å². The van der Waals surface area contributed by atoms with Gasteiger partial charge in [0.2, 0.25) is 0 Å². The van der Waals surface area contributed by atoms with Crippen LogP contribution in [0, 0.1) is 0 Å². The summed E-state index contributed by atoms with van der Waals surface area (Å²) < 4.78 is 5.36. The van der Waals surface area contributed by atoms with Crippen molar-refractivity contribution in [3.63, 3.8) is 0 Å². The number of nitrogens with zero attached hydrogens (tertiary/aromatic N) is 2. The number of hydrogen-bond acceptors (Lipinski definition) is 3. The Hall–Kier alpha value is -0.800. The predicted molar refractivity (Wildman–Crippen MR) is 66.0 cm³/mol. The SMILES string of the molecule is CN(c1cccc(CCl)n1)C1CCOCC1. The Labute approximate surface area is 101 Å². The minimum absolute atomic E-state index is 0.468. The summed E-state index contributed by atoms with van der Waals surface area (Å²) in [4.78, 5) is 6.75. The molecule has 0 radical (unpaired) electrons. The zero-order chi connectivity index (χ0) is 11.4. The fourth-order valence-corrected chi connectivity index (χ4v) is 2.15. The Balaban J connectivity index is 2.09. The summed E-state index contributed by atoms with van der Waals surface area (Å²) in [5.41, 5.74) is 0.929. The molecule has 0 N–H and O–H groups in total. The molecule has 1 aliphatic heterocycles. The number of aromatic nitrogens is 1. The molecule has 16 heavy (non-hydrogen) atoms. The summed E-state index contributed by atoms with van der Waals surface area (Å²) >= 11 is 5.79. The Kier molecular flexibility index (Phi) is 4.02. The van der Waals surface area contributed by atoms with Crippen molar-refractivity contribution in [2.24, 2.45) is 0 Å². The fraction of sp³-hybridized carbons (Fsp3) is 0.583. The second-order valence-electron chi connectivity index (χ2n) is 4.08. The Morgan fingerprint density at radius 1 is 1.44 bits per heavy atom. The van der Waals surface area contributed by atoms with Gasteiger partial charge in [-0.3, -0.25) is 0 Å². The fourth-order valence-electron chi connectivity index (χ4n) is 2.00. The Morgan fingerprint density at radius 2 is 2.19 bits per heavy atom. The number of rotatable bonds is 3. The number of pyridine rings is 1. The van der Waals surface area contributed by atoms with Gasteiger partial charge in [0.05, 0.1) is 11.6 Å². The van der Waals surface area contributed by atoms with E-state index in [4.69, 9.17) is 16.3 Å². The zero-order valence-electron chi connectivity index (χ0n) is 9.53. The second-order valence-corrected chi connectivity index (χ2v) is 4.34. The highest BCUT2D eigenvalue weighted by Gasteiger charge is 2.19. The van der Waals surface area contributed by atoms with Crippen LogP contribution in [0.3, 0.4) is 0 Å². The maximum atomic E-state index is 5.79. The summed E-state index contributed by atoms with van der Waals surface area (Å²) in [5.74, 6) is 1.47. The van der Waals surface area contributed by atoms with E-state index in [9.17, 15) is 0 Å². The van der Waals surface area contributed by atoms with Crippen molar-refractivity contribution in [1.29, 1.82) is 0 Å². The van der Waals surface area contributed by atoms with Crippen LogP contribution in [0.5, 0.6) is 0 Å². The van der Waals surface area contributed by atoms with Crippen molar-refractivity contribution < 1.29 is 4.74 Å². The molecule has 0 atom stereocenters. The Bertz CT molecular complexity index is 340. The lowest BCUT2D eigenvalue weighted by Gasteiger charge is -2.32. The van der Waals surface area contributed by atoms with E-state index < -0.39 is 0 Å². The first-order valence-corrected chi connectivity index (χ1v) is 6.17. The first-order valence-electron chi connectivity index (χ1n) is 5.63. The van der Waals surface area contributed by atoms with Crippen molar-refractivity contribution in [2.75, 3.05) is 25.2 Å². The van der Waals surface area contributed by atoms with E-state index in [-0.39, 0.29) is 0 Å². The summed E-state index contributed by atoms with van der Waals surface area (Å²) in [7, 11) is 2.09. The van der Waals surface area contributed by atoms with Crippen LogP contribution in [0.15, 0.2) is 18.2 Å². The molecule has 3 nitrogen and oxygen atoms in total. The average molecular weight is 241 g/mol. The largest absolute Gasteiger partial charge is 0.381 e. The predicted octanol–water partition coefficient (Wildman–Crippen LogP) is 2.44. The van der Waals surface area contributed by atoms with E-state index in [0.717, 1.165) is 37.6 Å². The van der Waals surface area contributed by atoms with Crippen molar-refractivity contribution >= 4 is 17.4 Å². The van der Waals surface area contributed by atoms with E-state index >= 15 is 0 Å². The first kappa shape index (κ1) is 11.7. The summed E-state index contributed by atoms with van der Waals surface area (Å²) in [6.45, 7) is 1.70. The molecular weight excluding hydrogens is 224 g/mol.